The van der Waals surface area contributed by atoms with Gasteiger partial charge < -0.3 is 0 Å². The van der Waals surface area contributed by atoms with E-state index in [0.717, 1.165) is 27.2 Å². The smallest absolute Gasteiger partial charge is 0.240 e. The van der Waals surface area contributed by atoms with Gasteiger partial charge >= 0.3 is 0 Å². The van der Waals surface area contributed by atoms with Gasteiger partial charge in [-0.25, -0.2) is 26.9 Å². The molecule has 0 unspecified atom stereocenters. The van der Waals surface area contributed by atoms with Crippen LogP contribution in [0.25, 0.3) is 10.6 Å². The Bertz CT molecular complexity index is 1020. The molecule has 3 rings (SSSR count). The Kier molecular flexibility index (Phi) is 5.45. The molecule has 1 N–H and O–H groups in total. The largest absolute Gasteiger partial charge is 0.241 e. The molecule has 1 heterocycles. The van der Waals surface area contributed by atoms with Crippen LogP contribution in [-0.4, -0.2) is 19.9 Å². The van der Waals surface area contributed by atoms with E-state index >= 15 is 0 Å². The third kappa shape index (κ3) is 4.32. The van der Waals surface area contributed by atoms with Crippen LogP contribution in [0.2, 0.25) is 0 Å². The summed E-state index contributed by atoms with van der Waals surface area (Å²) in [5, 5.41) is 0.755. The maximum Gasteiger partial charge on any atom is 0.240 e. The second-order valence-corrected chi connectivity index (χ2v) is 8.49. The number of benzene rings is 2. The molecule has 0 radical (unpaired) electrons. The number of rotatable bonds is 6. The fourth-order valence-electron chi connectivity index (χ4n) is 2.39. The molecule has 26 heavy (non-hydrogen) atoms. The lowest BCUT2D eigenvalue weighted by atomic mass is 10.2. The van der Waals surface area contributed by atoms with E-state index in [0.29, 0.717) is 6.42 Å². The van der Waals surface area contributed by atoms with Crippen LogP contribution in [0, 0.1) is 18.6 Å². The van der Waals surface area contributed by atoms with Gasteiger partial charge in [0.15, 0.2) is 0 Å². The average Bonchev–Trinajstić information content (AvgIpc) is 2.96. The van der Waals surface area contributed by atoms with Crippen molar-refractivity contribution in [1.82, 2.24) is 9.71 Å². The summed E-state index contributed by atoms with van der Waals surface area (Å²) < 4.78 is 53.1. The van der Waals surface area contributed by atoms with Gasteiger partial charge in [-0.1, -0.05) is 6.07 Å². The molecule has 3 aromatic rings. The number of hydrogen-bond acceptors (Lipinski definition) is 4. The lowest BCUT2D eigenvalue weighted by Gasteiger charge is -2.06. The molecule has 8 heteroatoms. The van der Waals surface area contributed by atoms with Crippen molar-refractivity contribution in [3.05, 3.63) is 70.7 Å². The molecule has 0 saturated carbocycles. The number of nitrogens with one attached hydrogen (secondary N) is 1. The first-order chi connectivity index (χ1) is 12.3. The molecule has 4 nitrogen and oxygen atoms in total. The van der Waals surface area contributed by atoms with Gasteiger partial charge in [0.2, 0.25) is 10.0 Å². The van der Waals surface area contributed by atoms with E-state index in [-0.39, 0.29) is 17.3 Å². The summed E-state index contributed by atoms with van der Waals surface area (Å²) in [6.07, 6.45) is 0.458. The van der Waals surface area contributed by atoms with E-state index < -0.39 is 15.8 Å². The van der Waals surface area contributed by atoms with E-state index in [1.165, 1.54) is 41.7 Å². The number of hydrogen-bond donors (Lipinski definition) is 1. The Morgan fingerprint density at radius 1 is 1.08 bits per heavy atom. The Morgan fingerprint density at radius 2 is 1.81 bits per heavy atom. The molecule has 0 saturated heterocycles. The van der Waals surface area contributed by atoms with Crippen LogP contribution >= 0.6 is 11.3 Å². The monoisotopic (exact) mass is 394 g/mol. The first-order valence-corrected chi connectivity index (χ1v) is 10.1. The van der Waals surface area contributed by atoms with Crippen molar-refractivity contribution in [2.24, 2.45) is 0 Å². The Morgan fingerprint density at radius 3 is 2.50 bits per heavy atom. The van der Waals surface area contributed by atoms with Crippen LogP contribution in [0.3, 0.4) is 0 Å². The van der Waals surface area contributed by atoms with Crippen molar-refractivity contribution >= 4 is 21.4 Å². The fraction of sp³-hybridized carbons (Fsp3) is 0.167. The highest BCUT2D eigenvalue weighted by molar-refractivity contribution is 7.89. The van der Waals surface area contributed by atoms with Crippen molar-refractivity contribution in [1.29, 1.82) is 0 Å². The van der Waals surface area contributed by atoms with Crippen molar-refractivity contribution in [2.45, 2.75) is 18.2 Å². The van der Waals surface area contributed by atoms with Gasteiger partial charge in [-0.05, 0) is 55.8 Å². The number of halogens is 2. The van der Waals surface area contributed by atoms with Gasteiger partial charge in [-0.2, -0.15) is 0 Å². The van der Waals surface area contributed by atoms with Gasteiger partial charge in [-0.3, -0.25) is 0 Å². The summed E-state index contributed by atoms with van der Waals surface area (Å²) in [7, 11) is -3.76. The molecule has 0 bridgehead atoms. The molecule has 136 valence electrons. The van der Waals surface area contributed by atoms with Crippen LogP contribution in [-0.2, 0) is 16.4 Å². The van der Waals surface area contributed by atoms with E-state index in [9.17, 15) is 17.2 Å². The number of nitrogens with zero attached hydrogens (tertiary/aromatic N) is 1. The SMILES string of the molecule is Cc1nc(-c2ccc(F)cc2)sc1CCNS(=O)(=O)c1cccc(F)c1. The average molecular weight is 394 g/mol. The predicted molar refractivity (Wildman–Crippen MR) is 97.5 cm³/mol. The van der Waals surface area contributed by atoms with Gasteiger partial charge in [0.05, 0.1) is 10.6 Å². The first kappa shape index (κ1) is 18.6. The molecule has 0 atom stereocenters. The summed E-state index contributed by atoms with van der Waals surface area (Å²) >= 11 is 1.44. The molecule has 0 aliphatic carbocycles. The van der Waals surface area contributed by atoms with Crippen molar-refractivity contribution in [3.8, 4) is 10.6 Å². The molecule has 0 spiro atoms. The van der Waals surface area contributed by atoms with Gasteiger partial charge in [-0.15, -0.1) is 11.3 Å². The van der Waals surface area contributed by atoms with Crippen molar-refractivity contribution in [2.75, 3.05) is 6.54 Å². The van der Waals surface area contributed by atoms with Gasteiger partial charge in [0.25, 0.3) is 0 Å². The summed E-state index contributed by atoms with van der Waals surface area (Å²) in [6.45, 7) is 2.02. The molecular weight excluding hydrogens is 378 g/mol. The summed E-state index contributed by atoms with van der Waals surface area (Å²) in [4.78, 5) is 5.30. The molecular formula is C18H16F2N2O2S2. The zero-order valence-corrected chi connectivity index (χ0v) is 15.5. The van der Waals surface area contributed by atoms with E-state index in [4.69, 9.17) is 0 Å². The third-order valence-corrected chi connectivity index (χ3v) is 6.46. The highest BCUT2D eigenvalue weighted by atomic mass is 32.2. The van der Waals surface area contributed by atoms with Crippen molar-refractivity contribution < 1.29 is 17.2 Å². The third-order valence-electron chi connectivity index (χ3n) is 3.73. The zero-order valence-electron chi connectivity index (χ0n) is 13.9. The topological polar surface area (TPSA) is 59.1 Å². The predicted octanol–water partition coefficient (Wildman–Crippen LogP) is 3.92. The lowest BCUT2D eigenvalue weighted by Crippen LogP contribution is -2.26. The quantitative estimate of drug-likeness (QED) is 0.689. The number of sulfonamides is 1. The summed E-state index contributed by atoms with van der Waals surface area (Å²) in [6, 6.07) is 10.9. The molecule has 0 amide bonds. The number of aryl methyl sites for hydroxylation is 1. The minimum absolute atomic E-state index is 0.106. The fourth-order valence-corrected chi connectivity index (χ4v) is 4.52. The Labute approximate surface area is 154 Å². The maximum absolute atomic E-state index is 13.2. The second-order valence-electron chi connectivity index (χ2n) is 5.64. The summed E-state index contributed by atoms with van der Waals surface area (Å²) in [5.41, 5.74) is 1.62. The van der Waals surface area contributed by atoms with Gasteiger partial charge in [0, 0.05) is 17.0 Å². The molecule has 2 aromatic carbocycles. The van der Waals surface area contributed by atoms with Crippen LogP contribution in [0.5, 0.6) is 0 Å². The van der Waals surface area contributed by atoms with Crippen molar-refractivity contribution in [3.63, 3.8) is 0 Å². The zero-order chi connectivity index (χ0) is 18.7. The molecule has 0 aliphatic heterocycles. The van der Waals surface area contributed by atoms with Crippen LogP contribution in [0.1, 0.15) is 10.6 Å². The second kappa shape index (κ2) is 7.61. The maximum atomic E-state index is 13.2. The molecule has 0 aliphatic rings. The number of aromatic nitrogens is 1. The minimum atomic E-state index is -3.76. The van der Waals surface area contributed by atoms with E-state index in [2.05, 4.69) is 9.71 Å². The Hall–Kier alpha value is -2.16. The first-order valence-electron chi connectivity index (χ1n) is 7.82. The van der Waals surface area contributed by atoms with Crippen LogP contribution in [0.4, 0.5) is 8.78 Å². The summed E-state index contributed by atoms with van der Waals surface area (Å²) in [5.74, 6) is -0.913. The van der Waals surface area contributed by atoms with Gasteiger partial charge in [0.1, 0.15) is 16.6 Å². The number of thiazole rings is 1. The van der Waals surface area contributed by atoms with Crippen LogP contribution in [0.15, 0.2) is 53.4 Å². The van der Waals surface area contributed by atoms with E-state index in [1.807, 2.05) is 6.92 Å². The Balaban J connectivity index is 1.68. The minimum Gasteiger partial charge on any atom is -0.241 e. The molecule has 0 fully saturated rings. The van der Waals surface area contributed by atoms with E-state index in [1.54, 1.807) is 12.1 Å². The lowest BCUT2D eigenvalue weighted by molar-refractivity contribution is 0.578. The normalized spacial score (nSPS) is 11.7. The highest BCUT2D eigenvalue weighted by Gasteiger charge is 2.15. The molecule has 1 aromatic heterocycles. The standard InChI is InChI=1S/C18H16F2N2O2S2/c1-12-17(25-18(22-12)13-5-7-14(19)8-6-13)9-10-21-26(23,24)16-4-2-3-15(20)11-16/h2-8,11,21H,9-10H2,1H3. The van der Waals surface area contributed by atoms with Crippen LogP contribution < -0.4 is 4.72 Å². The highest BCUT2D eigenvalue weighted by Crippen LogP contribution is 2.28.